The molecule has 0 spiro atoms. The molecule has 5 nitrogen and oxygen atoms in total. The van der Waals surface area contributed by atoms with Crippen LogP contribution >= 0.6 is 0 Å². The summed E-state index contributed by atoms with van der Waals surface area (Å²) in [5.74, 6) is -1.54. The molecule has 1 aliphatic heterocycles. The first-order chi connectivity index (χ1) is 7.83. The normalized spacial score (nSPS) is 16.8. The Morgan fingerprint density at radius 2 is 2.12 bits per heavy atom. The van der Waals surface area contributed by atoms with Crippen LogP contribution in [0.1, 0.15) is 19.8 Å². The number of hydrogen-bond donors (Lipinski definition) is 0. The van der Waals surface area contributed by atoms with Crippen molar-refractivity contribution in [3.05, 3.63) is 0 Å². The molecule has 0 saturated heterocycles. The zero-order chi connectivity index (χ0) is 13.1. The van der Waals surface area contributed by atoms with Crippen LogP contribution in [0.3, 0.4) is 0 Å². The quantitative estimate of drug-likeness (QED) is 0.706. The molecule has 0 aromatic carbocycles. The SMILES string of the molecule is CCOC(=O)C1=NN(CC(F)(F)F)C(=O)CC1. The zero-order valence-corrected chi connectivity index (χ0v) is 9.08. The summed E-state index contributed by atoms with van der Waals surface area (Å²) in [6.45, 7) is 0.180. The Labute approximate surface area is 95.2 Å². The molecule has 17 heavy (non-hydrogen) atoms. The van der Waals surface area contributed by atoms with E-state index in [1.54, 1.807) is 6.92 Å². The number of amides is 1. The van der Waals surface area contributed by atoms with Gasteiger partial charge in [-0.2, -0.15) is 18.3 Å². The lowest BCUT2D eigenvalue weighted by molar-refractivity contribution is -0.162. The van der Waals surface area contributed by atoms with E-state index in [1.165, 1.54) is 0 Å². The van der Waals surface area contributed by atoms with E-state index in [-0.39, 0.29) is 30.2 Å². The van der Waals surface area contributed by atoms with Gasteiger partial charge in [0.1, 0.15) is 12.3 Å². The van der Waals surface area contributed by atoms with Crippen molar-refractivity contribution in [2.45, 2.75) is 25.9 Å². The van der Waals surface area contributed by atoms with Gasteiger partial charge < -0.3 is 4.74 Å². The molecule has 0 bridgehead atoms. The molecule has 1 rings (SSSR count). The number of halogens is 3. The summed E-state index contributed by atoms with van der Waals surface area (Å²) in [7, 11) is 0. The van der Waals surface area contributed by atoms with Gasteiger partial charge in [0, 0.05) is 12.8 Å². The maximum absolute atomic E-state index is 12.1. The summed E-state index contributed by atoms with van der Waals surface area (Å²) < 4.78 is 40.9. The summed E-state index contributed by atoms with van der Waals surface area (Å²) in [5.41, 5.74) is -0.157. The zero-order valence-electron chi connectivity index (χ0n) is 9.08. The molecule has 8 heteroatoms. The van der Waals surface area contributed by atoms with Gasteiger partial charge in [-0.25, -0.2) is 9.80 Å². The average molecular weight is 252 g/mol. The third-order valence-electron chi connectivity index (χ3n) is 1.95. The fourth-order valence-electron chi connectivity index (χ4n) is 1.26. The summed E-state index contributed by atoms with van der Waals surface area (Å²) in [5, 5.41) is 3.63. The predicted molar refractivity (Wildman–Crippen MR) is 51.1 cm³/mol. The second-order valence-electron chi connectivity index (χ2n) is 3.33. The Kier molecular flexibility index (Phi) is 4.08. The standard InChI is InChI=1S/C9H11F3N2O3/c1-2-17-8(16)6-3-4-7(15)14(13-6)5-9(10,11)12/h2-5H2,1H3. The first kappa shape index (κ1) is 13.5. The highest BCUT2D eigenvalue weighted by atomic mass is 19.4. The molecule has 1 amide bonds. The van der Waals surface area contributed by atoms with E-state index < -0.39 is 24.6 Å². The second kappa shape index (κ2) is 5.15. The van der Waals surface area contributed by atoms with Crippen LogP contribution in [0.2, 0.25) is 0 Å². The molecule has 1 heterocycles. The highest BCUT2D eigenvalue weighted by Gasteiger charge is 2.35. The van der Waals surface area contributed by atoms with Gasteiger partial charge in [0.2, 0.25) is 5.91 Å². The largest absolute Gasteiger partial charge is 0.461 e. The molecule has 0 N–H and O–H groups in total. The lowest BCUT2D eigenvalue weighted by atomic mass is 10.1. The Bertz CT molecular complexity index is 352. The van der Waals surface area contributed by atoms with Gasteiger partial charge >= 0.3 is 12.1 Å². The maximum Gasteiger partial charge on any atom is 0.408 e. The smallest absolute Gasteiger partial charge is 0.408 e. The molecule has 0 saturated carbocycles. The highest BCUT2D eigenvalue weighted by Crippen LogP contribution is 2.20. The van der Waals surface area contributed by atoms with Crippen LogP contribution < -0.4 is 0 Å². The van der Waals surface area contributed by atoms with Crippen LogP contribution in [-0.2, 0) is 14.3 Å². The predicted octanol–water partition coefficient (Wildman–Crippen LogP) is 1.09. The van der Waals surface area contributed by atoms with Gasteiger partial charge in [0.05, 0.1) is 6.61 Å². The molecule has 0 fully saturated rings. The highest BCUT2D eigenvalue weighted by molar-refractivity contribution is 6.37. The molecular weight excluding hydrogens is 241 g/mol. The number of esters is 1. The van der Waals surface area contributed by atoms with Gasteiger partial charge in [-0.15, -0.1) is 0 Å². The number of hydrazone groups is 1. The minimum atomic E-state index is -4.55. The van der Waals surface area contributed by atoms with Crippen LogP contribution in [0, 0.1) is 0 Å². The number of carbonyl (C=O) groups excluding carboxylic acids is 2. The molecule has 0 aromatic heterocycles. The Morgan fingerprint density at radius 3 is 2.65 bits per heavy atom. The molecule has 0 radical (unpaired) electrons. The number of carbonyl (C=O) groups is 2. The summed E-state index contributed by atoms with van der Waals surface area (Å²) >= 11 is 0. The minimum Gasteiger partial charge on any atom is -0.461 e. The third kappa shape index (κ3) is 4.04. The minimum absolute atomic E-state index is 0.00598. The summed E-state index contributed by atoms with van der Waals surface area (Å²) in [6, 6.07) is 0. The van der Waals surface area contributed by atoms with E-state index in [1.807, 2.05) is 0 Å². The topological polar surface area (TPSA) is 59.0 Å². The van der Waals surface area contributed by atoms with Crippen LogP contribution in [-0.4, -0.2) is 41.9 Å². The number of hydrogen-bond acceptors (Lipinski definition) is 4. The second-order valence-corrected chi connectivity index (χ2v) is 3.33. The van der Waals surface area contributed by atoms with Crippen molar-refractivity contribution < 1.29 is 27.5 Å². The van der Waals surface area contributed by atoms with E-state index >= 15 is 0 Å². The van der Waals surface area contributed by atoms with E-state index in [4.69, 9.17) is 0 Å². The average Bonchev–Trinajstić information content (AvgIpc) is 2.19. The van der Waals surface area contributed by atoms with Gasteiger partial charge in [-0.1, -0.05) is 0 Å². The van der Waals surface area contributed by atoms with Crippen molar-refractivity contribution in [2.24, 2.45) is 5.10 Å². The van der Waals surface area contributed by atoms with Crippen molar-refractivity contribution >= 4 is 17.6 Å². The lowest BCUT2D eigenvalue weighted by Gasteiger charge is -2.23. The number of rotatable bonds is 3. The number of ether oxygens (including phenoxy) is 1. The van der Waals surface area contributed by atoms with Crippen molar-refractivity contribution in [3.8, 4) is 0 Å². The van der Waals surface area contributed by atoms with Crippen molar-refractivity contribution in [1.82, 2.24) is 5.01 Å². The van der Waals surface area contributed by atoms with E-state index in [0.29, 0.717) is 0 Å². The third-order valence-corrected chi connectivity index (χ3v) is 1.95. The van der Waals surface area contributed by atoms with E-state index in [2.05, 4.69) is 9.84 Å². The van der Waals surface area contributed by atoms with Gasteiger partial charge in [-0.3, -0.25) is 4.79 Å². The Hall–Kier alpha value is -1.60. The number of nitrogens with zero attached hydrogens (tertiary/aromatic N) is 2. The molecule has 1 aliphatic rings. The van der Waals surface area contributed by atoms with E-state index in [9.17, 15) is 22.8 Å². The van der Waals surface area contributed by atoms with Crippen molar-refractivity contribution in [3.63, 3.8) is 0 Å². The van der Waals surface area contributed by atoms with E-state index in [0.717, 1.165) is 0 Å². The van der Waals surface area contributed by atoms with Gasteiger partial charge in [0.15, 0.2) is 0 Å². The maximum atomic E-state index is 12.1. The van der Waals surface area contributed by atoms with Crippen LogP contribution in [0.25, 0.3) is 0 Å². The molecule has 0 aromatic rings. The molecular formula is C9H11F3N2O3. The fourth-order valence-corrected chi connectivity index (χ4v) is 1.26. The first-order valence-corrected chi connectivity index (χ1v) is 4.95. The summed E-state index contributed by atoms with van der Waals surface area (Å²) in [6.07, 6.45) is -4.71. The molecule has 0 atom stereocenters. The Morgan fingerprint density at radius 1 is 1.47 bits per heavy atom. The van der Waals surface area contributed by atoms with Gasteiger partial charge in [0.25, 0.3) is 0 Å². The first-order valence-electron chi connectivity index (χ1n) is 4.95. The van der Waals surface area contributed by atoms with Crippen LogP contribution in [0.4, 0.5) is 13.2 Å². The van der Waals surface area contributed by atoms with Crippen molar-refractivity contribution in [2.75, 3.05) is 13.2 Å². The Balaban J connectivity index is 2.78. The monoisotopic (exact) mass is 252 g/mol. The lowest BCUT2D eigenvalue weighted by Crippen LogP contribution is -2.40. The molecule has 96 valence electrons. The number of alkyl halides is 3. The molecule has 0 unspecified atom stereocenters. The van der Waals surface area contributed by atoms with Crippen molar-refractivity contribution in [1.29, 1.82) is 0 Å². The molecule has 0 aliphatic carbocycles. The van der Waals surface area contributed by atoms with Gasteiger partial charge in [-0.05, 0) is 6.92 Å². The fraction of sp³-hybridized carbons (Fsp3) is 0.667. The van der Waals surface area contributed by atoms with Crippen LogP contribution in [0.5, 0.6) is 0 Å². The van der Waals surface area contributed by atoms with Crippen LogP contribution in [0.15, 0.2) is 5.10 Å². The summed E-state index contributed by atoms with van der Waals surface area (Å²) in [4.78, 5) is 22.4.